The van der Waals surface area contributed by atoms with Crippen LogP contribution in [0, 0.1) is 13.8 Å². The molecule has 29 heavy (non-hydrogen) atoms. The van der Waals surface area contributed by atoms with E-state index in [1.807, 2.05) is 12.1 Å². The van der Waals surface area contributed by atoms with E-state index in [9.17, 15) is 4.79 Å². The summed E-state index contributed by atoms with van der Waals surface area (Å²) in [6.07, 6.45) is 5.06. The number of amides is 1. The molecule has 0 aliphatic carbocycles. The maximum atomic E-state index is 12.8. The van der Waals surface area contributed by atoms with Crippen molar-refractivity contribution in [2.75, 3.05) is 6.54 Å². The van der Waals surface area contributed by atoms with E-state index in [0.29, 0.717) is 35.7 Å². The number of carbonyl (C=O) groups is 1. The van der Waals surface area contributed by atoms with Crippen LogP contribution < -0.4 is 0 Å². The molecule has 9 nitrogen and oxygen atoms in total. The third-order valence-electron chi connectivity index (χ3n) is 4.74. The standard InChI is InChI=1S/C19H20ClN7O2/c1-12-21-25-27(24-12)11-15-10-16(20)7-5-14(15)6-8-18(28)26-9-3-4-17(26)19-23-22-13(2)29-19/h5-8,10,17H,3-4,9,11H2,1-2H3/b8-6+. The van der Waals surface area contributed by atoms with Gasteiger partial charge in [0.2, 0.25) is 17.7 Å². The Morgan fingerprint density at radius 3 is 2.90 bits per heavy atom. The molecule has 3 heterocycles. The zero-order chi connectivity index (χ0) is 20.4. The molecule has 0 N–H and O–H groups in total. The van der Waals surface area contributed by atoms with Gasteiger partial charge in [-0.15, -0.1) is 20.4 Å². The predicted octanol–water partition coefficient (Wildman–Crippen LogP) is 2.75. The molecule has 150 valence electrons. The second-order valence-electron chi connectivity index (χ2n) is 6.89. The summed E-state index contributed by atoms with van der Waals surface area (Å²) in [6, 6.07) is 5.31. The lowest BCUT2D eigenvalue weighted by Crippen LogP contribution is -2.29. The van der Waals surface area contributed by atoms with E-state index in [0.717, 1.165) is 24.0 Å². The number of tetrazole rings is 1. The maximum Gasteiger partial charge on any atom is 0.247 e. The van der Waals surface area contributed by atoms with E-state index < -0.39 is 0 Å². The van der Waals surface area contributed by atoms with Crippen LogP contribution in [0.2, 0.25) is 5.02 Å². The highest BCUT2D eigenvalue weighted by Gasteiger charge is 2.32. The minimum absolute atomic E-state index is 0.0982. The summed E-state index contributed by atoms with van der Waals surface area (Å²) < 4.78 is 5.53. The first-order chi connectivity index (χ1) is 14.0. The van der Waals surface area contributed by atoms with Crippen molar-refractivity contribution < 1.29 is 9.21 Å². The lowest BCUT2D eigenvalue weighted by Gasteiger charge is -2.20. The van der Waals surface area contributed by atoms with Crippen LogP contribution in [0.3, 0.4) is 0 Å². The summed E-state index contributed by atoms with van der Waals surface area (Å²) in [5.74, 6) is 1.48. The Morgan fingerprint density at radius 2 is 2.17 bits per heavy atom. The van der Waals surface area contributed by atoms with E-state index in [-0.39, 0.29) is 11.9 Å². The fraction of sp³-hybridized carbons (Fsp3) is 0.368. The highest BCUT2D eigenvalue weighted by molar-refractivity contribution is 6.30. The minimum atomic E-state index is -0.180. The van der Waals surface area contributed by atoms with Gasteiger partial charge in [0, 0.05) is 24.6 Å². The number of aromatic nitrogens is 6. The quantitative estimate of drug-likeness (QED) is 0.592. The number of hydrogen-bond acceptors (Lipinski definition) is 7. The van der Waals surface area contributed by atoms with Crippen LogP contribution in [0.4, 0.5) is 0 Å². The highest BCUT2D eigenvalue weighted by atomic mass is 35.5. The molecular weight excluding hydrogens is 394 g/mol. The summed E-state index contributed by atoms with van der Waals surface area (Å²) in [5.41, 5.74) is 1.76. The van der Waals surface area contributed by atoms with Crippen LogP contribution in [0.25, 0.3) is 6.08 Å². The Balaban J connectivity index is 1.53. The van der Waals surface area contributed by atoms with Crippen LogP contribution in [0.15, 0.2) is 28.7 Å². The average Bonchev–Trinajstić information content (AvgIpc) is 3.42. The normalized spacial score (nSPS) is 16.8. The lowest BCUT2D eigenvalue weighted by atomic mass is 10.1. The number of nitrogens with zero attached hydrogens (tertiary/aromatic N) is 7. The van der Waals surface area contributed by atoms with E-state index in [2.05, 4.69) is 25.6 Å². The van der Waals surface area contributed by atoms with Gasteiger partial charge in [-0.2, -0.15) is 4.80 Å². The second kappa shape index (κ2) is 8.12. The van der Waals surface area contributed by atoms with Crippen molar-refractivity contribution in [3.05, 3.63) is 58.0 Å². The SMILES string of the molecule is Cc1nnn(Cc2cc(Cl)ccc2/C=C/C(=O)N2CCCC2c2nnc(C)o2)n1. The molecule has 0 saturated carbocycles. The van der Waals surface area contributed by atoms with Crippen molar-refractivity contribution in [1.29, 1.82) is 0 Å². The number of halogens is 1. The van der Waals surface area contributed by atoms with E-state index in [1.165, 1.54) is 4.80 Å². The van der Waals surface area contributed by atoms with Gasteiger partial charge in [0.05, 0.1) is 6.54 Å². The largest absolute Gasteiger partial charge is 0.423 e. The molecule has 1 atom stereocenters. The number of likely N-dealkylation sites (tertiary alicyclic amines) is 1. The van der Waals surface area contributed by atoms with Crippen LogP contribution in [-0.4, -0.2) is 47.8 Å². The third-order valence-corrected chi connectivity index (χ3v) is 4.97. The number of rotatable bonds is 5. The Kier molecular flexibility index (Phi) is 5.39. The fourth-order valence-electron chi connectivity index (χ4n) is 3.41. The average molecular weight is 414 g/mol. The molecule has 1 aromatic carbocycles. The fourth-order valence-corrected chi connectivity index (χ4v) is 3.60. The number of benzene rings is 1. The van der Waals surface area contributed by atoms with Gasteiger partial charge >= 0.3 is 0 Å². The Bertz CT molecular complexity index is 1060. The highest BCUT2D eigenvalue weighted by Crippen LogP contribution is 2.31. The Labute approximate surface area is 172 Å². The Hall–Kier alpha value is -3.07. The number of aryl methyl sites for hydroxylation is 2. The van der Waals surface area contributed by atoms with Gasteiger partial charge in [-0.3, -0.25) is 4.79 Å². The van der Waals surface area contributed by atoms with Crippen molar-refractivity contribution in [2.45, 2.75) is 39.3 Å². The first kappa shape index (κ1) is 19.3. The van der Waals surface area contributed by atoms with Crippen molar-refractivity contribution in [1.82, 2.24) is 35.3 Å². The summed E-state index contributed by atoms with van der Waals surface area (Å²) in [7, 11) is 0. The third kappa shape index (κ3) is 4.34. The molecule has 0 spiro atoms. The zero-order valence-corrected chi connectivity index (χ0v) is 16.9. The van der Waals surface area contributed by atoms with Crippen molar-refractivity contribution >= 4 is 23.6 Å². The number of carbonyl (C=O) groups excluding carboxylic acids is 1. The molecule has 1 aliphatic rings. The van der Waals surface area contributed by atoms with E-state index in [4.69, 9.17) is 16.0 Å². The van der Waals surface area contributed by atoms with Crippen LogP contribution in [-0.2, 0) is 11.3 Å². The number of hydrogen-bond donors (Lipinski definition) is 0. The van der Waals surface area contributed by atoms with Gasteiger partial charge in [-0.25, -0.2) is 0 Å². The Morgan fingerprint density at radius 1 is 1.31 bits per heavy atom. The molecule has 0 radical (unpaired) electrons. The molecule has 10 heteroatoms. The molecule has 1 amide bonds. The van der Waals surface area contributed by atoms with E-state index in [1.54, 1.807) is 37.0 Å². The lowest BCUT2D eigenvalue weighted by molar-refractivity contribution is -0.127. The predicted molar refractivity (Wildman–Crippen MR) is 105 cm³/mol. The summed E-state index contributed by atoms with van der Waals surface area (Å²) >= 11 is 6.16. The van der Waals surface area contributed by atoms with Gasteiger partial charge in [-0.1, -0.05) is 17.7 Å². The summed E-state index contributed by atoms with van der Waals surface area (Å²) in [5, 5.41) is 20.6. The molecular formula is C19H20ClN7O2. The van der Waals surface area contributed by atoms with Crippen LogP contribution >= 0.6 is 11.6 Å². The molecule has 1 fully saturated rings. The molecule has 0 bridgehead atoms. The van der Waals surface area contributed by atoms with Gasteiger partial charge in [0.25, 0.3) is 0 Å². The molecule has 3 aromatic rings. The topological polar surface area (TPSA) is 103 Å². The molecule has 4 rings (SSSR count). The maximum absolute atomic E-state index is 12.8. The van der Waals surface area contributed by atoms with Gasteiger partial charge in [0.1, 0.15) is 6.04 Å². The van der Waals surface area contributed by atoms with Crippen LogP contribution in [0.5, 0.6) is 0 Å². The summed E-state index contributed by atoms with van der Waals surface area (Å²) in [4.78, 5) is 16.1. The molecule has 2 aromatic heterocycles. The summed E-state index contributed by atoms with van der Waals surface area (Å²) in [6.45, 7) is 4.58. The van der Waals surface area contributed by atoms with Crippen molar-refractivity contribution in [3.63, 3.8) is 0 Å². The molecule has 1 saturated heterocycles. The van der Waals surface area contributed by atoms with Crippen molar-refractivity contribution in [2.24, 2.45) is 0 Å². The monoisotopic (exact) mass is 413 g/mol. The van der Waals surface area contributed by atoms with Crippen molar-refractivity contribution in [3.8, 4) is 0 Å². The van der Waals surface area contributed by atoms with Gasteiger partial charge < -0.3 is 9.32 Å². The van der Waals surface area contributed by atoms with E-state index >= 15 is 0 Å². The first-order valence-electron chi connectivity index (χ1n) is 9.31. The van der Waals surface area contributed by atoms with Gasteiger partial charge in [0.15, 0.2) is 5.82 Å². The van der Waals surface area contributed by atoms with Crippen LogP contribution in [0.1, 0.15) is 47.6 Å². The van der Waals surface area contributed by atoms with Gasteiger partial charge in [-0.05, 0) is 54.3 Å². The smallest absolute Gasteiger partial charge is 0.247 e. The minimum Gasteiger partial charge on any atom is -0.423 e. The first-order valence-corrected chi connectivity index (χ1v) is 9.69. The zero-order valence-electron chi connectivity index (χ0n) is 16.1. The second-order valence-corrected chi connectivity index (χ2v) is 7.33. The molecule has 1 unspecified atom stereocenters. The molecule has 1 aliphatic heterocycles.